The zero-order valence-electron chi connectivity index (χ0n) is 14.2. The van der Waals surface area contributed by atoms with Crippen molar-refractivity contribution >= 4 is 47.6 Å². The van der Waals surface area contributed by atoms with Crippen LogP contribution in [-0.4, -0.2) is 18.2 Å². The van der Waals surface area contributed by atoms with Gasteiger partial charge in [0, 0.05) is 8.95 Å². The molecule has 136 valence electrons. The Hall–Kier alpha value is -1.64. The molecule has 1 aromatic heterocycles. The molecule has 0 fully saturated rings. The third-order valence-electron chi connectivity index (χ3n) is 3.99. The van der Waals surface area contributed by atoms with Crippen LogP contribution in [0.2, 0.25) is 0 Å². The van der Waals surface area contributed by atoms with E-state index in [0.717, 1.165) is 20.2 Å². The van der Waals surface area contributed by atoms with Crippen molar-refractivity contribution in [2.45, 2.75) is 25.3 Å². The second kappa shape index (κ2) is 7.54. The molecule has 2 aromatic carbocycles. The summed E-state index contributed by atoms with van der Waals surface area (Å²) in [5, 5.41) is 4.49. The van der Waals surface area contributed by atoms with Gasteiger partial charge in [0.25, 0.3) is 10.0 Å². The first kappa shape index (κ1) is 19.1. The lowest BCUT2D eigenvalue weighted by Crippen LogP contribution is -2.14. The molecule has 0 bridgehead atoms. The number of rotatable bonds is 5. The van der Waals surface area contributed by atoms with Crippen LogP contribution < -0.4 is 4.72 Å². The maximum absolute atomic E-state index is 12.7. The lowest BCUT2D eigenvalue weighted by molar-refractivity contribution is 0.601. The fourth-order valence-corrected chi connectivity index (χ4v) is 4.27. The van der Waals surface area contributed by atoms with Crippen LogP contribution in [0.1, 0.15) is 17.0 Å². The fourth-order valence-electron chi connectivity index (χ4n) is 2.57. The van der Waals surface area contributed by atoms with Crippen molar-refractivity contribution in [2.24, 2.45) is 0 Å². The largest absolute Gasteiger partial charge is 0.276 e. The minimum atomic E-state index is -3.67. The summed E-state index contributed by atoms with van der Waals surface area (Å²) in [6.07, 6.45) is 0. The van der Waals surface area contributed by atoms with Gasteiger partial charge in [-0.15, -0.1) is 0 Å². The van der Waals surface area contributed by atoms with Crippen molar-refractivity contribution in [1.82, 2.24) is 9.78 Å². The summed E-state index contributed by atoms with van der Waals surface area (Å²) >= 11 is 6.73. The molecule has 0 unspecified atom stereocenters. The molecule has 0 atom stereocenters. The number of sulfonamides is 1. The smallest absolute Gasteiger partial charge is 0.262 e. The quantitative estimate of drug-likeness (QED) is 0.545. The van der Waals surface area contributed by atoms with Gasteiger partial charge >= 0.3 is 0 Å². The lowest BCUT2D eigenvalue weighted by atomic mass is 10.2. The summed E-state index contributed by atoms with van der Waals surface area (Å²) < 4.78 is 31.6. The molecule has 0 aliphatic rings. The Kier molecular flexibility index (Phi) is 5.55. The maximum Gasteiger partial charge on any atom is 0.262 e. The minimum absolute atomic E-state index is 0.208. The van der Waals surface area contributed by atoms with Crippen LogP contribution in [0.15, 0.2) is 62.4 Å². The van der Waals surface area contributed by atoms with Gasteiger partial charge in [-0.3, -0.25) is 9.40 Å². The number of hydrogen-bond acceptors (Lipinski definition) is 3. The van der Waals surface area contributed by atoms with Crippen LogP contribution in [0.25, 0.3) is 0 Å². The summed E-state index contributed by atoms with van der Waals surface area (Å²) in [7, 11) is -3.67. The normalized spacial score (nSPS) is 11.5. The van der Waals surface area contributed by atoms with Gasteiger partial charge in [-0.25, -0.2) is 8.42 Å². The van der Waals surface area contributed by atoms with Gasteiger partial charge in [-0.1, -0.05) is 44.0 Å². The van der Waals surface area contributed by atoms with Crippen LogP contribution in [0.5, 0.6) is 0 Å². The molecule has 0 amide bonds. The van der Waals surface area contributed by atoms with E-state index >= 15 is 0 Å². The first-order chi connectivity index (χ1) is 12.3. The Morgan fingerprint density at radius 2 is 1.50 bits per heavy atom. The highest BCUT2D eigenvalue weighted by Crippen LogP contribution is 2.25. The number of aromatic nitrogens is 2. The van der Waals surface area contributed by atoms with Gasteiger partial charge in [0.2, 0.25) is 0 Å². The highest BCUT2D eigenvalue weighted by Gasteiger charge is 2.20. The van der Waals surface area contributed by atoms with Gasteiger partial charge in [0.1, 0.15) is 0 Å². The van der Waals surface area contributed by atoms with Crippen LogP contribution in [-0.2, 0) is 16.6 Å². The minimum Gasteiger partial charge on any atom is -0.276 e. The average molecular weight is 499 g/mol. The SMILES string of the molecule is Cc1nn(Cc2ccc(Br)cc2)c(C)c1NS(=O)(=O)c1ccc(Br)cc1. The number of benzene rings is 2. The average Bonchev–Trinajstić information content (AvgIpc) is 2.84. The molecule has 3 rings (SSSR count). The Morgan fingerprint density at radius 3 is 2.08 bits per heavy atom. The maximum atomic E-state index is 12.7. The van der Waals surface area contributed by atoms with Crippen LogP contribution in [0, 0.1) is 13.8 Å². The van der Waals surface area contributed by atoms with Crippen LogP contribution >= 0.6 is 31.9 Å². The molecule has 0 radical (unpaired) electrons. The number of hydrogen-bond donors (Lipinski definition) is 1. The fraction of sp³-hybridized carbons (Fsp3) is 0.167. The molecule has 0 aliphatic carbocycles. The molecule has 0 spiro atoms. The van der Waals surface area contributed by atoms with E-state index in [1.807, 2.05) is 31.2 Å². The Labute approximate surface area is 169 Å². The van der Waals surface area contributed by atoms with Crippen molar-refractivity contribution in [3.05, 3.63) is 74.4 Å². The van der Waals surface area contributed by atoms with Crippen molar-refractivity contribution < 1.29 is 8.42 Å². The first-order valence-corrected chi connectivity index (χ1v) is 10.9. The van der Waals surface area contributed by atoms with Crippen molar-refractivity contribution in [2.75, 3.05) is 4.72 Å². The summed E-state index contributed by atoms with van der Waals surface area (Å²) in [6.45, 7) is 4.22. The van der Waals surface area contributed by atoms with Crippen molar-refractivity contribution in [3.63, 3.8) is 0 Å². The number of nitrogens with one attached hydrogen (secondary N) is 1. The monoisotopic (exact) mass is 497 g/mol. The predicted octanol–water partition coefficient (Wildman–Crippen LogP) is 4.87. The van der Waals surface area contributed by atoms with Crippen LogP contribution in [0.3, 0.4) is 0 Å². The summed E-state index contributed by atoms with van der Waals surface area (Å²) in [4.78, 5) is 0.208. The molecule has 0 saturated carbocycles. The zero-order valence-corrected chi connectivity index (χ0v) is 18.2. The number of aryl methyl sites for hydroxylation is 1. The second-order valence-electron chi connectivity index (χ2n) is 5.89. The third-order valence-corrected chi connectivity index (χ3v) is 6.41. The van der Waals surface area contributed by atoms with Gasteiger partial charge in [-0.05, 0) is 55.8 Å². The molecular weight excluding hydrogens is 482 g/mol. The molecular formula is C18H17Br2N3O2S. The molecule has 1 heterocycles. The van der Waals surface area contributed by atoms with Crippen molar-refractivity contribution in [3.8, 4) is 0 Å². The first-order valence-electron chi connectivity index (χ1n) is 7.83. The Balaban J connectivity index is 1.88. The highest BCUT2D eigenvalue weighted by atomic mass is 79.9. The van der Waals surface area contributed by atoms with E-state index in [9.17, 15) is 8.42 Å². The van der Waals surface area contributed by atoms with E-state index in [-0.39, 0.29) is 4.90 Å². The predicted molar refractivity (Wildman–Crippen MR) is 110 cm³/mol. The van der Waals surface area contributed by atoms with E-state index in [2.05, 4.69) is 41.7 Å². The molecule has 8 heteroatoms. The Morgan fingerprint density at radius 1 is 0.962 bits per heavy atom. The van der Waals surface area contributed by atoms with E-state index in [1.54, 1.807) is 35.9 Å². The number of halogens is 2. The molecule has 0 saturated heterocycles. The second-order valence-corrected chi connectivity index (χ2v) is 9.40. The number of nitrogens with zero attached hydrogens (tertiary/aromatic N) is 2. The van der Waals surface area contributed by atoms with E-state index in [1.165, 1.54) is 0 Å². The topological polar surface area (TPSA) is 64.0 Å². The van der Waals surface area contributed by atoms with Crippen LogP contribution in [0.4, 0.5) is 5.69 Å². The number of anilines is 1. The summed E-state index contributed by atoms with van der Waals surface area (Å²) in [5.41, 5.74) is 3.01. The van der Waals surface area contributed by atoms with E-state index in [0.29, 0.717) is 17.9 Å². The molecule has 5 nitrogen and oxygen atoms in total. The van der Waals surface area contributed by atoms with Gasteiger partial charge < -0.3 is 0 Å². The third kappa shape index (κ3) is 4.19. The summed E-state index contributed by atoms with van der Waals surface area (Å²) in [5.74, 6) is 0. The zero-order chi connectivity index (χ0) is 18.9. The van der Waals surface area contributed by atoms with E-state index in [4.69, 9.17) is 0 Å². The molecule has 0 aliphatic heterocycles. The highest BCUT2D eigenvalue weighted by molar-refractivity contribution is 9.10. The lowest BCUT2D eigenvalue weighted by Gasteiger charge is -2.09. The molecule has 3 aromatic rings. The van der Waals surface area contributed by atoms with Gasteiger partial charge in [0.05, 0.1) is 28.5 Å². The molecule has 26 heavy (non-hydrogen) atoms. The van der Waals surface area contributed by atoms with Gasteiger partial charge in [-0.2, -0.15) is 5.10 Å². The van der Waals surface area contributed by atoms with Gasteiger partial charge in [0.15, 0.2) is 0 Å². The summed E-state index contributed by atoms with van der Waals surface area (Å²) in [6, 6.07) is 14.5. The van der Waals surface area contributed by atoms with Crippen molar-refractivity contribution in [1.29, 1.82) is 0 Å². The Bertz CT molecular complexity index is 1030. The van der Waals surface area contributed by atoms with E-state index < -0.39 is 10.0 Å². The standard InChI is InChI=1S/C18H17Br2N3O2S/c1-12-18(22-26(24,25)17-9-7-16(20)8-10-17)13(2)23(21-12)11-14-3-5-15(19)6-4-14/h3-10,22H,11H2,1-2H3. The molecule has 1 N–H and O–H groups in total.